The van der Waals surface area contributed by atoms with Gasteiger partial charge in [0.2, 0.25) is 15.9 Å². The number of anilines is 1. The van der Waals surface area contributed by atoms with Crippen molar-refractivity contribution < 1.29 is 41.0 Å². The molecule has 1 fully saturated rings. The van der Waals surface area contributed by atoms with Gasteiger partial charge in [0.05, 0.1) is 13.2 Å². The van der Waals surface area contributed by atoms with E-state index in [0.29, 0.717) is 12.1 Å². The Morgan fingerprint density at radius 2 is 1.94 bits per heavy atom. The minimum absolute atomic E-state index is 0.0109. The number of aliphatic hydroxyl groups excluding tert-OH is 1. The first-order valence-electron chi connectivity index (χ1n) is 10.4. The number of ether oxygens (including phenoxy) is 1. The normalized spacial score (nSPS) is 21.8. The maximum Gasteiger partial charge on any atom is 0.276 e. The van der Waals surface area contributed by atoms with Gasteiger partial charge in [-0.25, -0.2) is 26.3 Å². The maximum atomic E-state index is 13.5. The Kier molecular flexibility index (Phi) is 6.52. The van der Waals surface area contributed by atoms with Crippen LogP contribution in [0, 0.1) is 23.4 Å². The van der Waals surface area contributed by atoms with E-state index >= 15 is 0 Å². The first-order chi connectivity index (χ1) is 16.4. The number of aryl methyl sites for hydroxylation is 1. The highest BCUT2D eigenvalue weighted by molar-refractivity contribution is 7.89. The Morgan fingerprint density at radius 3 is 2.57 bits per heavy atom. The number of nitrogens with zero attached hydrogens (tertiary/aromatic N) is 2. The van der Waals surface area contributed by atoms with Crippen LogP contribution in [-0.2, 0) is 21.9 Å². The lowest BCUT2D eigenvalue weighted by Gasteiger charge is -2.23. The lowest BCUT2D eigenvalue weighted by atomic mass is 10.1. The predicted molar refractivity (Wildman–Crippen MR) is 114 cm³/mol. The molecular weight excluding hydrogens is 495 g/mol. The van der Waals surface area contributed by atoms with Gasteiger partial charge in [0.15, 0.2) is 28.9 Å². The molecule has 0 unspecified atom stereocenters. The SMILES string of the molecule is Cn1cc2c(c1C(=O)Nc1cc(F)c(F)c(F)c1)OC[C@@H]1CN(C(=O)[C@@H](N)CO)C[C@@H]1NS2(=O)=O. The van der Waals surface area contributed by atoms with Crippen LogP contribution in [-0.4, -0.2) is 73.2 Å². The average Bonchev–Trinajstić information content (AvgIpc) is 3.34. The fourth-order valence-corrected chi connectivity index (χ4v) is 5.60. The number of amides is 2. The zero-order chi connectivity index (χ0) is 25.7. The van der Waals surface area contributed by atoms with Crippen LogP contribution in [0.5, 0.6) is 5.75 Å². The average molecular weight is 517 g/mol. The standard InChI is InChI=1S/C20H22F3N5O6S/c1-27-6-15-18(17(27)19(30)25-10-2-11(21)16(23)12(22)3-10)34-8-9-4-28(20(31)13(24)7-29)5-14(9)26-35(15,32)33/h2-3,6,9,13-14,26,29H,4-5,7-8,24H2,1H3,(H,25,30)/t9-,13-,14-/m0/s1. The summed E-state index contributed by atoms with van der Waals surface area (Å²) in [6.07, 6.45) is 1.14. The van der Waals surface area contributed by atoms with Gasteiger partial charge >= 0.3 is 0 Å². The number of carbonyl (C=O) groups is 2. The summed E-state index contributed by atoms with van der Waals surface area (Å²) < 4.78 is 75.9. The topological polar surface area (TPSA) is 156 Å². The maximum absolute atomic E-state index is 13.5. The molecule has 0 aliphatic carbocycles. The molecule has 0 spiro atoms. The fourth-order valence-electron chi connectivity index (χ4n) is 4.11. The van der Waals surface area contributed by atoms with Crippen LogP contribution in [0.25, 0.3) is 0 Å². The molecule has 35 heavy (non-hydrogen) atoms. The van der Waals surface area contributed by atoms with Crippen LogP contribution in [0.2, 0.25) is 0 Å². The Hall–Kier alpha value is -3.14. The van der Waals surface area contributed by atoms with E-state index < -0.39 is 69.6 Å². The van der Waals surface area contributed by atoms with Crippen LogP contribution < -0.4 is 20.5 Å². The van der Waals surface area contributed by atoms with E-state index in [-0.39, 0.29) is 36.0 Å². The number of aromatic nitrogens is 1. The Balaban J connectivity index is 1.63. The van der Waals surface area contributed by atoms with Gasteiger partial charge in [-0.3, -0.25) is 9.59 Å². The number of nitrogens with two attached hydrogens (primary N) is 1. The summed E-state index contributed by atoms with van der Waals surface area (Å²) in [4.78, 5) is 26.2. The van der Waals surface area contributed by atoms with Gasteiger partial charge in [-0.2, -0.15) is 0 Å². The number of carbonyl (C=O) groups excluding carboxylic acids is 2. The Bertz CT molecular complexity index is 1280. The minimum atomic E-state index is -4.22. The lowest BCUT2D eigenvalue weighted by Crippen LogP contribution is -2.46. The van der Waals surface area contributed by atoms with E-state index in [1.165, 1.54) is 16.5 Å². The summed E-state index contributed by atoms with van der Waals surface area (Å²) >= 11 is 0. The number of hydrogen-bond acceptors (Lipinski definition) is 7. The van der Waals surface area contributed by atoms with Crippen LogP contribution >= 0.6 is 0 Å². The van der Waals surface area contributed by atoms with Crippen LogP contribution in [0.15, 0.2) is 23.2 Å². The van der Waals surface area contributed by atoms with E-state index in [2.05, 4.69) is 10.0 Å². The number of sulfonamides is 1. The molecule has 4 rings (SSSR count). The number of halogens is 3. The molecule has 190 valence electrons. The third kappa shape index (κ3) is 4.59. The van der Waals surface area contributed by atoms with Crippen LogP contribution in [0.3, 0.4) is 0 Å². The van der Waals surface area contributed by atoms with E-state index in [9.17, 15) is 31.2 Å². The Morgan fingerprint density at radius 1 is 1.29 bits per heavy atom. The van der Waals surface area contributed by atoms with Crippen molar-refractivity contribution in [3.05, 3.63) is 41.5 Å². The predicted octanol–water partition coefficient (Wildman–Crippen LogP) is -0.488. The molecule has 3 atom stereocenters. The molecule has 2 aromatic rings. The number of nitrogens with one attached hydrogen (secondary N) is 2. The van der Waals surface area contributed by atoms with Gasteiger partial charge in [-0.1, -0.05) is 0 Å². The van der Waals surface area contributed by atoms with Gasteiger partial charge in [0.1, 0.15) is 10.9 Å². The summed E-state index contributed by atoms with van der Waals surface area (Å²) in [5.74, 6) is -7.03. The van der Waals surface area contributed by atoms with Crippen molar-refractivity contribution in [2.75, 3.05) is 31.6 Å². The molecule has 0 bridgehead atoms. The summed E-state index contributed by atoms with van der Waals surface area (Å²) in [6.45, 7) is -0.545. The Labute approximate surface area is 197 Å². The first-order valence-corrected chi connectivity index (χ1v) is 11.9. The molecule has 11 nitrogen and oxygen atoms in total. The number of benzene rings is 1. The van der Waals surface area contributed by atoms with Crippen LogP contribution in [0.4, 0.5) is 18.9 Å². The van der Waals surface area contributed by atoms with Gasteiger partial charge in [-0.05, 0) is 0 Å². The van der Waals surface area contributed by atoms with Gasteiger partial charge in [0, 0.05) is 56.1 Å². The third-order valence-electron chi connectivity index (χ3n) is 5.86. The second-order valence-electron chi connectivity index (χ2n) is 8.32. The van der Waals surface area contributed by atoms with Crippen molar-refractivity contribution in [1.29, 1.82) is 0 Å². The fraction of sp³-hybridized carbons (Fsp3) is 0.400. The molecule has 1 aromatic heterocycles. The molecule has 15 heteroatoms. The van der Waals surface area contributed by atoms with Crippen molar-refractivity contribution in [2.24, 2.45) is 18.7 Å². The summed E-state index contributed by atoms with van der Waals surface area (Å²) in [5.41, 5.74) is 4.93. The highest BCUT2D eigenvalue weighted by Gasteiger charge is 2.43. The zero-order valence-electron chi connectivity index (χ0n) is 18.3. The molecule has 3 heterocycles. The number of hydrogen-bond donors (Lipinski definition) is 4. The van der Waals surface area contributed by atoms with Crippen molar-refractivity contribution >= 4 is 27.5 Å². The van der Waals surface area contributed by atoms with Gasteiger partial charge in [0.25, 0.3) is 5.91 Å². The zero-order valence-corrected chi connectivity index (χ0v) is 19.1. The van der Waals surface area contributed by atoms with E-state index in [4.69, 9.17) is 15.6 Å². The van der Waals surface area contributed by atoms with Gasteiger partial charge in [-0.15, -0.1) is 0 Å². The summed E-state index contributed by atoms with van der Waals surface area (Å²) in [7, 11) is -2.85. The number of aliphatic hydroxyl groups is 1. The summed E-state index contributed by atoms with van der Waals surface area (Å²) in [6, 6.07) is -0.695. The molecule has 0 radical (unpaired) electrons. The molecule has 2 aliphatic heterocycles. The van der Waals surface area contributed by atoms with E-state index in [0.717, 1.165) is 6.20 Å². The summed E-state index contributed by atoms with van der Waals surface area (Å²) in [5, 5.41) is 11.3. The molecule has 2 aliphatic rings. The molecular formula is C20H22F3N5O6S. The number of fused-ring (bicyclic) bond motifs is 2. The highest BCUT2D eigenvalue weighted by Crippen LogP contribution is 2.35. The molecule has 2 amide bonds. The lowest BCUT2D eigenvalue weighted by molar-refractivity contribution is -0.132. The van der Waals surface area contributed by atoms with Crippen molar-refractivity contribution in [2.45, 2.75) is 17.0 Å². The molecule has 1 aromatic carbocycles. The number of likely N-dealkylation sites (tertiary alicyclic amines) is 1. The molecule has 1 saturated heterocycles. The largest absolute Gasteiger partial charge is 0.489 e. The van der Waals surface area contributed by atoms with Crippen molar-refractivity contribution in [1.82, 2.24) is 14.2 Å². The highest BCUT2D eigenvalue weighted by atomic mass is 32.2. The second kappa shape index (κ2) is 9.14. The van der Waals surface area contributed by atoms with Crippen LogP contribution in [0.1, 0.15) is 10.5 Å². The number of rotatable bonds is 4. The smallest absolute Gasteiger partial charge is 0.276 e. The quantitative estimate of drug-likeness (QED) is 0.399. The first kappa shape index (κ1) is 25.0. The monoisotopic (exact) mass is 517 g/mol. The van der Waals surface area contributed by atoms with E-state index in [1.807, 2.05) is 0 Å². The van der Waals surface area contributed by atoms with E-state index in [1.54, 1.807) is 0 Å². The van der Waals surface area contributed by atoms with Crippen molar-refractivity contribution in [3.8, 4) is 5.75 Å². The van der Waals surface area contributed by atoms with Gasteiger partial charge < -0.3 is 30.4 Å². The molecule has 5 N–H and O–H groups in total. The second-order valence-corrected chi connectivity index (χ2v) is 10.0. The molecule has 0 saturated carbocycles. The minimum Gasteiger partial charge on any atom is -0.489 e. The third-order valence-corrected chi connectivity index (χ3v) is 7.35. The van der Waals surface area contributed by atoms with Crippen molar-refractivity contribution in [3.63, 3.8) is 0 Å².